The third-order valence-electron chi connectivity index (χ3n) is 3.16. The van der Waals surface area contributed by atoms with Gasteiger partial charge in [-0.2, -0.15) is 0 Å². The Morgan fingerprint density at radius 1 is 1.04 bits per heavy atom. The SMILES string of the molecule is O=C(COC(=O)CCCOc1ccccc1)NC(=O)NCc1ccco1. The van der Waals surface area contributed by atoms with Gasteiger partial charge in [0.15, 0.2) is 6.61 Å². The predicted molar refractivity (Wildman–Crippen MR) is 91.2 cm³/mol. The molecule has 0 radical (unpaired) electrons. The monoisotopic (exact) mass is 360 g/mol. The van der Waals surface area contributed by atoms with Gasteiger partial charge in [0.2, 0.25) is 0 Å². The van der Waals surface area contributed by atoms with Gasteiger partial charge in [0.1, 0.15) is 11.5 Å². The van der Waals surface area contributed by atoms with Crippen LogP contribution in [0.3, 0.4) is 0 Å². The van der Waals surface area contributed by atoms with Gasteiger partial charge in [-0.25, -0.2) is 4.79 Å². The Hall–Kier alpha value is -3.29. The molecule has 26 heavy (non-hydrogen) atoms. The first-order valence-corrected chi connectivity index (χ1v) is 8.07. The number of nitrogens with one attached hydrogen (secondary N) is 2. The molecule has 3 amide bonds. The molecular formula is C18H20N2O6. The maximum Gasteiger partial charge on any atom is 0.321 e. The number of furan rings is 1. The number of hydrogen-bond donors (Lipinski definition) is 2. The summed E-state index contributed by atoms with van der Waals surface area (Å²) < 4.78 is 15.3. The molecule has 0 atom stereocenters. The highest BCUT2D eigenvalue weighted by molar-refractivity contribution is 5.95. The van der Waals surface area contributed by atoms with E-state index in [1.54, 1.807) is 12.1 Å². The first kappa shape index (κ1) is 19.0. The molecule has 8 heteroatoms. The van der Waals surface area contributed by atoms with Gasteiger partial charge < -0.3 is 19.2 Å². The highest BCUT2D eigenvalue weighted by atomic mass is 16.5. The van der Waals surface area contributed by atoms with Crippen LogP contribution in [0.5, 0.6) is 5.75 Å². The summed E-state index contributed by atoms with van der Waals surface area (Å²) in [6, 6.07) is 11.9. The van der Waals surface area contributed by atoms with Crippen molar-refractivity contribution in [2.24, 2.45) is 0 Å². The number of carbonyl (C=O) groups excluding carboxylic acids is 3. The van der Waals surface area contributed by atoms with Crippen LogP contribution in [0.15, 0.2) is 53.1 Å². The lowest BCUT2D eigenvalue weighted by Crippen LogP contribution is -2.41. The standard InChI is InChI=1S/C18H20N2O6/c21-16(20-18(23)19-12-15-8-4-10-25-15)13-26-17(22)9-5-11-24-14-6-2-1-3-7-14/h1-4,6-8,10H,5,9,11-13H2,(H2,19,20,21,23). The van der Waals surface area contributed by atoms with Crippen molar-refractivity contribution in [3.05, 3.63) is 54.5 Å². The van der Waals surface area contributed by atoms with Gasteiger partial charge >= 0.3 is 12.0 Å². The minimum absolute atomic E-state index is 0.116. The first-order chi connectivity index (χ1) is 12.6. The van der Waals surface area contributed by atoms with Gasteiger partial charge in [-0.05, 0) is 30.7 Å². The van der Waals surface area contributed by atoms with E-state index in [0.29, 0.717) is 18.8 Å². The van der Waals surface area contributed by atoms with Crippen molar-refractivity contribution in [1.29, 1.82) is 0 Å². The molecule has 0 spiro atoms. The lowest BCUT2D eigenvalue weighted by atomic mass is 10.3. The Bertz CT molecular complexity index is 700. The van der Waals surface area contributed by atoms with Gasteiger partial charge in [-0.15, -0.1) is 0 Å². The van der Waals surface area contributed by atoms with E-state index in [-0.39, 0.29) is 13.0 Å². The van der Waals surface area contributed by atoms with Crippen LogP contribution in [0.4, 0.5) is 4.79 Å². The van der Waals surface area contributed by atoms with Crippen LogP contribution in [0.2, 0.25) is 0 Å². The fraction of sp³-hybridized carbons (Fsp3) is 0.278. The summed E-state index contributed by atoms with van der Waals surface area (Å²) in [6.45, 7) is -0.0135. The second-order valence-corrected chi connectivity index (χ2v) is 5.24. The maximum atomic E-state index is 11.6. The number of carbonyl (C=O) groups is 3. The molecule has 2 N–H and O–H groups in total. The van der Waals surface area contributed by atoms with Gasteiger partial charge in [-0.1, -0.05) is 18.2 Å². The van der Waals surface area contributed by atoms with E-state index in [1.807, 2.05) is 30.3 Å². The minimum Gasteiger partial charge on any atom is -0.494 e. The van der Waals surface area contributed by atoms with Crippen molar-refractivity contribution < 1.29 is 28.3 Å². The minimum atomic E-state index is -0.712. The molecule has 1 heterocycles. The number of rotatable bonds is 9. The van der Waals surface area contributed by atoms with Crippen LogP contribution in [0, 0.1) is 0 Å². The van der Waals surface area contributed by atoms with Gasteiger partial charge in [0, 0.05) is 6.42 Å². The quantitative estimate of drug-likeness (QED) is 0.523. The zero-order chi connectivity index (χ0) is 18.6. The molecule has 0 saturated heterocycles. The summed E-state index contributed by atoms with van der Waals surface area (Å²) in [5.74, 6) is 0.0289. The van der Waals surface area contributed by atoms with E-state index in [9.17, 15) is 14.4 Å². The summed E-state index contributed by atoms with van der Waals surface area (Å²) in [4.78, 5) is 34.6. The fourth-order valence-electron chi connectivity index (χ4n) is 1.93. The second kappa shape index (κ2) is 10.5. The van der Waals surface area contributed by atoms with Crippen LogP contribution in [0.1, 0.15) is 18.6 Å². The Kier molecular flexibility index (Phi) is 7.73. The molecule has 2 aromatic rings. The van der Waals surface area contributed by atoms with Gasteiger partial charge in [0.05, 0.1) is 19.4 Å². The van der Waals surface area contributed by atoms with Gasteiger partial charge in [-0.3, -0.25) is 14.9 Å². The Morgan fingerprint density at radius 3 is 2.58 bits per heavy atom. The lowest BCUT2D eigenvalue weighted by Gasteiger charge is -2.07. The highest BCUT2D eigenvalue weighted by Gasteiger charge is 2.11. The van der Waals surface area contributed by atoms with Crippen molar-refractivity contribution in [2.75, 3.05) is 13.2 Å². The maximum absolute atomic E-state index is 11.6. The fourth-order valence-corrected chi connectivity index (χ4v) is 1.93. The third kappa shape index (κ3) is 7.52. The summed E-state index contributed by atoms with van der Waals surface area (Å²) in [5.41, 5.74) is 0. The summed E-state index contributed by atoms with van der Waals surface area (Å²) >= 11 is 0. The number of amides is 3. The topological polar surface area (TPSA) is 107 Å². The smallest absolute Gasteiger partial charge is 0.321 e. The van der Waals surface area contributed by atoms with E-state index in [4.69, 9.17) is 13.9 Å². The van der Waals surface area contributed by atoms with Gasteiger partial charge in [0.25, 0.3) is 5.91 Å². The van der Waals surface area contributed by atoms with E-state index < -0.39 is 24.5 Å². The average molecular weight is 360 g/mol. The molecule has 0 fully saturated rings. The van der Waals surface area contributed by atoms with E-state index in [2.05, 4.69) is 10.6 Å². The summed E-state index contributed by atoms with van der Waals surface area (Å²) in [5, 5.41) is 4.49. The molecule has 0 aliphatic carbocycles. The van der Waals surface area contributed by atoms with Crippen LogP contribution < -0.4 is 15.4 Å². The Morgan fingerprint density at radius 2 is 1.85 bits per heavy atom. The number of benzene rings is 1. The molecule has 0 aliphatic rings. The van der Waals surface area contributed by atoms with Crippen molar-refractivity contribution in [3.63, 3.8) is 0 Å². The van der Waals surface area contributed by atoms with Crippen LogP contribution in [-0.2, 0) is 20.9 Å². The largest absolute Gasteiger partial charge is 0.494 e. The highest BCUT2D eigenvalue weighted by Crippen LogP contribution is 2.08. The second-order valence-electron chi connectivity index (χ2n) is 5.24. The third-order valence-corrected chi connectivity index (χ3v) is 3.16. The molecule has 0 aliphatic heterocycles. The Labute approximate surface area is 150 Å². The molecule has 0 saturated carbocycles. The molecule has 1 aromatic carbocycles. The van der Waals surface area contributed by atoms with Crippen molar-refractivity contribution in [3.8, 4) is 5.75 Å². The zero-order valence-electron chi connectivity index (χ0n) is 14.1. The molecule has 8 nitrogen and oxygen atoms in total. The first-order valence-electron chi connectivity index (χ1n) is 8.07. The molecular weight excluding hydrogens is 340 g/mol. The Balaban J connectivity index is 1.52. The van der Waals surface area contributed by atoms with Crippen molar-refractivity contribution in [1.82, 2.24) is 10.6 Å². The van der Waals surface area contributed by atoms with Crippen LogP contribution in [0.25, 0.3) is 0 Å². The number of esters is 1. The number of ether oxygens (including phenoxy) is 2. The predicted octanol–water partition coefficient (Wildman–Crippen LogP) is 2.01. The van der Waals surface area contributed by atoms with E-state index in [0.717, 1.165) is 5.75 Å². The number of imide groups is 1. The zero-order valence-corrected chi connectivity index (χ0v) is 14.1. The van der Waals surface area contributed by atoms with E-state index in [1.165, 1.54) is 6.26 Å². The van der Waals surface area contributed by atoms with Crippen molar-refractivity contribution in [2.45, 2.75) is 19.4 Å². The number of hydrogen-bond acceptors (Lipinski definition) is 6. The molecule has 1 aromatic heterocycles. The number of urea groups is 1. The lowest BCUT2D eigenvalue weighted by molar-refractivity contribution is -0.148. The number of para-hydroxylation sites is 1. The van der Waals surface area contributed by atoms with Crippen molar-refractivity contribution >= 4 is 17.9 Å². The molecule has 2 rings (SSSR count). The normalized spacial score (nSPS) is 10.0. The molecule has 0 unspecified atom stereocenters. The average Bonchev–Trinajstić information content (AvgIpc) is 3.16. The summed E-state index contributed by atoms with van der Waals surface area (Å²) in [7, 11) is 0. The molecule has 0 bridgehead atoms. The van der Waals surface area contributed by atoms with Crippen LogP contribution in [-0.4, -0.2) is 31.1 Å². The van der Waals surface area contributed by atoms with Crippen LogP contribution >= 0.6 is 0 Å². The van der Waals surface area contributed by atoms with E-state index >= 15 is 0 Å². The summed E-state index contributed by atoms with van der Waals surface area (Å²) in [6.07, 6.45) is 2.05. The molecule has 138 valence electrons.